The normalized spacial score (nSPS) is 5.43. The molecule has 0 heterocycles. The number of hydrogen-bond acceptors (Lipinski definition) is 2. The van der Waals surface area contributed by atoms with E-state index in [1.807, 2.05) is 0 Å². The van der Waals surface area contributed by atoms with Gasteiger partial charge in [-0.3, -0.25) is 4.55 Å². The Morgan fingerprint density at radius 2 is 1.29 bits per heavy atom. The van der Waals surface area contributed by atoms with Crippen LogP contribution in [0.5, 0.6) is 0 Å². The minimum atomic E-state index is -3.12. The van der Waals surface area contributed by atoms with Gasteiger partial charge in [-0.15, -0.1) is 13.2 Å². The molecule has 0 aromatic carbocycles. The van der Waals surface area contributed by atoms with E-state index >= 15 is 0 Å². The van der Waals surface area contributed by atoms with Gasteiger partial charge in [0.2, 0.25) is 0 Å². The fourth-order valence-electron chi connectivity index (χ4n) is 0. The second-order valence-electron chi connectivity index (χ2n) is 0.238. The van der Waals surface area contributed by atoms with Crippen LogP contribution in [0.3, 0.4) is 0 Å². The van der Waals surface area contributed by atoms with Crippen LogP contribution < -0.4 is 0 Å². The van der Waals surface area contributed by atoms with Gasteiger partial charge in [0.05, 0.1) is 0 Å². The van der Waals surface area contributed by atoms with E-state index in [4.69, 9.17) is 13.0 Å². The van der Waals surface area contributed by atoms with Gasteiger partial charge in [-0.05, 0) is 0 Å². The summed E-state index contributed by atoms with van der Waals surface area (Å²) in [7, 11) is -3.12. The van der Waals surface area contributed by atoms with Gasteiger partial charge >= 0.3 is 29.6 Å². The Hall–Kier alpha value is 0.650. The van der Waals surface area contributed by atoms with Crippen molar-refractivity contribution in [3.63, 3.8) is 0 Å². The number of rotatable bonds is 0. The first-order valence-electron chi connectivity index (χ1n) is 1.07. The van der Waals surface area contributed by atoms with Gasteiger partial charge in [0.15, 0.2) is 0 Å². The van der Waals surface area contributed by atoms with Crippen LogP contribution in [0.25, 0.3) is 0 Å². The molecule has 0 amide bonds. The summed E-state index contributed by atoms with van der Waals surface area (Å²) in [6.07, 6.45) is 0. The van der Waals surface area contributed by atoms with E-state index < -0.39 is 11.0 Å². The van der Waals surface area contributed by atoms with Crippen LogP contribution in [-0.2, 0) is 11.0 Å². The first-order valence-corrected chi connectivity index (χ1v) is 2.20. The van der Waals surface area contributed by atoms with Gasteiger partial charge in [-0.25, -0.2) is 8.42 Å². The van der Waals surface area contributed by atoms with E-state index in [9.17, 15) is 0 Å². The third kappa shape index (κ3) is 340. The van der Waals surface area contributed by atoms with Gasteiger partial charge in [-0.2, -0.15) is 0 Å². The summed E-state index contributed by atoms with van der Waals surface area (Å²) in [5.74, 6) is 0. The molecular weight excluding hydrogens is 127 g/mol. The van der Waals surface area contributed by atoms with Crippen LogP contribution in [0, 0.1) is 0 Å². The van der Waals surface area contributed by atoms with E-state index in [2.05, 4.69) is 13.2 Å². The molecule has 3 nitrogen and oxygen atoms in total. The monoisotopic (exact) mass is 134 g/mol. The fourth-order valence-corrected chi connectivity index (χ4v) is 0. The zero-order valence-electron chi connectivity index (χ0n) is 3.13. The first-order chi connectivity index (χ1) is 2.73. The molecule has 5 heteroatoms. The van der Waals surface area contributed by atoms with E-state index in [1.165, 1.54) is 0 Å². The van der Waals surface area contributed by atoms with E-state index in [-0.39, 0.29) is 29.6 Å². The van der Waals surface area contributed by atoms with Gasteiger partial charge in [0.1, 0.15) is 0 Å². The van der Waals surface area contributed by atoms with Crippen molar-refractivity contribution < 1.29 is 13.0 Å². The number of thiol groups is 1. The van der Waals surface area contributed by atoms with Crippen molar-refractivity contribution in [3.8, 4) is 0 Å². The quantitative estimate of drug-likeness (QED) is 0.198. The summed E-state index contributed by atoms with van der Waals surface area (Å²) in [5, 5.41) is 0. The molecule has 0 atom stereocenters. The van der Waals surface area contributed by atoms with Crippen molar-refractivity contribution in [1.82, 2.24) is 0 Å². The van der Waals surface area contributed by atoms with Gasteiger partial charge in [-0.1, -0.05) is 0 Å². The van der Waals surface area contributed by atoms with Gasteiger partial charge < -0.3 is 0 Å². The minimum absolute atomic E-state index is 0. The summed E-state index contributed by atoms with van der Waals surface area (Å²) < 4.78 is 24.2. The summed E-state index contributed by atoms with van der Waals surface area (Å²) in [4.78, 5) is 0. The van der Waals surface area contributed by atoms with Crippen molar-refractivity contribution in [1.29, 1.82) is 0 Å². The summed E-state index contributed by atoms with van der Waals surface area (Å²) in [6, 6.07) is 0. The topological polar surface area (TPSA) is 54.4 Å². The molecule has 1 N–H and O–H groups in total. The maximum absolute atomic E-state index is 8.59. The standard InChI is InChI=1S/C2H4.Na.H2O3S.H/c1-2;;1-4(2)3;/h1-2H2;;4H,(H,1,2,3);. The average Bonchev–Trinajstić information content (AvgIpc) is 1.41. The molecule has 0 bridgehead atoms. The summed E-state index contributed by atoms with van der Waals surface area (Å²) in [6.45, 7) is 6.00. The third-order valence-electron chi connectivity index (χ3n) is 0. The van der Waals surface area contributed by atoms with Crippen LogP contribution >= 0.6 is 0 Å². The van der Waals surface area contributed by atoms with Crippen molar-refractivity contribution in [2.45, 2.75) is 0 Å². The predicted octanol–water partition coefficient (Wildman–Crippen LogP) is -0.776. The predicted molar refractivity (Wildman–Crippen MR) is 31.3 cm³/mol. The second kappa shape index (κ2) is 15.9. The maximum atomic E-state index is 8.59. The van der Waals surface area contributed by atoms with Gasteiger partial charge in [0.25, 0.3) is 11.0 Å². The molecule has 0 aliphatic carbocycles. The molecule has 0 unspecified atom stereocenters. The SMILES string of the molecule is C=C.O=[SH](=O)O.[NaH]. The van der Waals surface area contributed by atoms with Crippen LogP contribution in [0.1, 0.15) is 0 Å². The summed E-state index contributed by atoms with van der Waals surface area (Å²) in [5.41, 5.74) is 0. The van der Waals surface area contributed by atoms with Gasteiger partial charge in [0, 0.05) is 0 Å². The fraction of sp³-hybridized carbons (Fsp3) is 0. The molecule has 0 fully saturated rings. The Labute approximate surface area is 66.5 Å². The first kappa shape index (κ1) is 15.6. The third-order valence-corrected chi connectivity index (χ3v) is 0. The Bertz CT molecular complexity index is 71.0. The molecule has 40 valence electrons. The molecular formula is C2H7NaO3S. The zero-order valence-corrected chi connectivity index (χ0v) is 4.02. The molecule has 0 saturated carbocycles. The molecule has 0 radical (unpaired) electrons. The van der Waals surface area contributed by atoms with Crippen molar-refractivity contribution >= 4 is 40.5 Å². The Morgan fingerprint density at radius 1 is 1.29 bits per heavy atom. The van der Waals surface area contributed by atoms with Crippen LogP contribution in [0.15, 0.2) is 13.2 Å². The van der Waals surface area contributed by atoms with E-state index in [0.29, 0.717) is 0 Å². The Morgan fingerprint density at radius 3 is 1.29 bits per heavy atom. The number of hydrogen-bond donors (Lipinski definition) is 2. The molecule has 0 aliphatic heterocycles. The molecule has 7 heavy (non-hydrogen) atoms. The van der Waals surface area contributed by atoms with Crippen LogP contribution in [0.2, 0.25) is 0 Å². The molecule has 0 aromatic rings. The van der Waals surface area contributed by atoms with E-state index in [0.717, 1.165) is 0 Å². The molecule has 0 saturated heterocycles. The molecule has 0 aromatic heterocycles. The molecule has 0 aliphatic rings. The molecule has 0 spiro atoms. The molecule has 0 rings (SSSR count). The van der Waals surface area contributed by atoms with E-state index in [1.54, 1.807) is 0 Å². The van der Waals surface area contributed by atoms with Crippen molar-refractivity contribution in [3.05, 3.63) is 13.2 Å². The van der Waals surface area contributed by atoms with Crippen LogP contribution in [-0.4, -0.2) is 42.5 Å². The Kier molecular flexibility index (Phi) is 35.6. The average molecular weight is 134 g/mol. The van der Waals surface area contributed by atoms with Crippen molar-refractivity contribution in [2.24, 2.45) is 0 Å². The zero-order chi connectivity index (χ0) is 5.58. The Balaban J connectivity index is -0.0000000480. The van der Waals surface area contributed by atoms with Crippen molar-refractivity contribution in [2.75, 3.05) is 0 Å². The second-order valence-corrected chi connectivity index (χ2v) is 0.714. The summed E-state index contributed by atoms with van der Waals surface area (Å²) >= 11 is 0. The van der Waals surface area contributed by atoms with Crippen LogP contribution in [0.4, 0.5) is 0 Å².